The van der Waals surface area contributed by atoms with Gasteiger partial charge in [0.15, 0.2) is 16.3 Å². The lowest BCUT2D eigenvalue weighted by atomic mass is 10.1. The average Bonchev–Trinajstić information content (AvgIpc) is 3.22. The number of hydrogen-bond donors (Lipinski definition) is 2. The zero-order chi connectivity index (χ0) is 22.5. The minimum atomic E-state index is -0.295. The van der Waals surface area contributed by atoms with Gasteiger partial charge in [-0.05, 0) is 74.1 Å². The minimum Gasteiger partial charge on any atom is -0.491 e. The van der Waals surface area contributed by atoms with Gasteiger partial charge in [0.1, 0.15) is 5.75 Å². The molecule has 0 fully saturated rings. The molecule has 0 aliphatic rings. The van der Waals surface area contributed by atoms with E-state index in [2.05, 4.69) is 20.6 Å². The first kappa shape index (κ1) is 21.5. The maximum atomic E-state index is 12.5. The Balaban J connectivity index is 1.32. The number of nitrogens with zero attached hydrogens (tertiary/aromatic N) is 2. The lowest BCUT2D eigenvalue weighted by molar-refractivity contribution is 0.0976. The molecule has 8 heteroatoms. The van der Waals surface area contributed by atoms with Gasteiger partial charge in [-0.25, -0.2) is 4.98 Å². The second-order valence-corrected chi connectivity index (χ2v) is 7.78. The zero-order valence-corrected chi connectivity index (χ0v) is 18.5. The number of hydrogen-bond acceptors (Lipinski definition) is 6. The normalized spacial score (nSPS) is 10.8. The van der Waals surface area contributed by atoms with Gasteiger partial charge in [0, 0.05) is 23.9 Å². The van der Waals surface area contributed by atoms with Gasteiger partial charge in [0.2, 0.25) is 5.89 Å². The highest BCUT2D eigenvalue weighted by atomic mass is 32.1. The van der Waals surface area contributed by atoms with Crippen LogP contribution in [-0.2, 0) is 6.54 Å². The van der Waals surface area contributed by atoms with Crippen LogP contribution in [0.1, 0.15) is 29.8 Å². The molecule has 32 heavy (non-hydrogen) atoms. The van der Waals surface area contributed by atoms with Crippen molar-refractivity contribution >= 4 is 34.5 Å². The van der Waals surface area contributed by atoms with Crippen LogP contribution in [0.15, 0.2) is 71.3 Å². The van der Waals surface area contributed by atoms with E-state index in [0.29, 0.717) is 35.0 Å². The molecule has 7 nitrogen and oxygen atoms in total. The summed E-state index contributed by atoms with van der Waals surface area (Å²) in [5, 5.41) is 5.99. The number of pyridine rings is 1. The maximum absolute atomic E-state index is 12.5. The molecule has 0 bridgehead atoms. The molecular weight excluding hydrogens is 424 g/mol. The van der Waals surface area contributed by atoms with E-state index in [1.165, 1.54) is 0 Å². The minimum absolute atomic E-state index is 0.0294. The third-order valence-electron chi connectivity index (χ3n) is 4.51. The molecule has 0 saturated carbocycles. The summed E-state index contributed by atoms with van der Waals surface area (Å²) in [6.45, 7) is 4.33. The molecule has 2 heterocycles. The van der Waals surface area contributed by atoms with Crippen molar-refractivity contribution in [2.24, 2.45) is 0 Å². The molecule has 0 aliphatic carbocycles. The van der Waals surface area contributed by atoms with Gasteiger partial charge >= 0.3 is 0 Å². The molecule has 4 aromatic rings. The summed E-state index contributed by atoms with van der Waals surface area (Å²) in [6.07, 6.45) is 1.71. The molecule has 162 valence electrons. The monoisotopic (exact) mass is 446 g/mol. The number of carbonyl (C=O) groups excluding carboxylic acids is 1. The summed E-state index contributed by atoms with van der Waals surface area (Å²) < 4.78 is 11.4. The fourth-order valence-corrected chi connectivity index (χ4v) is 3.21. The van der Waals surface area contributed by atoms with Crippen LogP contribution < -0.4 is 15.4 Å². The van der Waals surface area contributed by atoms with E-state index in [1.54, 1.807) is 24.4 Å². The third-order valence-corrected chi connectivity index (χ3v) is 4.76. The van der Waals surface area contributed by atoms with Crippen molar-refractivity contribution in [2.75, 3.05) is 0 Å². The third kappa shape index (κ3) is 5.28. The number of rotatable bonds is 6. The SMILES string of the molecule is CC(C)Oc1cccc(C(=O)NC(=S)NCc2ccc(-c3nc4ncccc4o3)cc2)c1. The number of fused-ring (bicyclic) bond motifs is 1. The number of amides is 1. The van der Waals surface area contributed by atoms with Gasteiger partial charge < -0.3 is 14.5 Å². The molecule has 2 N–H and O–H groups in total. The highest BCUT2D eigenvalue weighted by Crippen LogP contribution is 2.23. The van der Waals surface area contributed by atoms with Crippen LogP contribution in [-0.4, -0.2) is 27.1 Å². The van der Waals surface area contributed by atoms with Gasteiger partial charge in [-0.1, -0.05) is 18.2 Å². The van der Waals surface area contributed by atoms with Crippen molar-refractivity contribution in [1.82, 2.24) is 20.6 Å². The lowest BCUT2D eigenvalue weighted by Gasteiger charge is -2.12. The van der Waals surface area contributed by atoms with Gasteiger partial charge in [-0.15, -0.1) is 0 Å². The van der Waals surface area contributed by atoms with Crippen LogP contribution in [0.2, 0.25) is 0 Å². The summed E-state index contributed by atoms with van der Waals surface area (Å²) in [6, 6.07) is 18.4. The highest BCUT2D eigenvalue weighted by molar-refractivity contribution is 7.80. The number of ether oxygens (including phenoxy) is 1. The van der Waals surface area contributed by atoms with Crippen LogP contribution in [0, 0.1) is 0 Å². The molecule has 4 rings (SSSR count). The molecule has 0 unspecified atom stereocenters. The number of nitrogens with one attached hydrogen (secondary N) is 2. The standard InChI is InChI=1S/C24H22N4O3S/c1-15(2)30-19-6-3-5-18(13-19)22(29)28-24(32)26-14-16-8-10-17(11-9-16)23-27-21-20(31-23)7-4-12-25-21/h3-13,15H,14H2,1-2H3,(H2,26,28,29,32). The van der Waals surface area contributed by atoms with Crippen molar-refractivity contribution in [3.8, 4) is 17.2 Å². The highest BCUT2D eigenvalue weighted by Gasteiger charge is 2.11. The number of aromatic nitrogens is 2. The van der Waals surface area contributed by atoms with Gasteiger partial charge in [-0.3, -0.25) is 10.1 Å². The second kappa shape index (κ2) is 9.57. The number of oxazole rings is 1. The van der Waals surface area contributed by atoms with Gasteiger partial charge in [0.05, 0.1) is 6.10 Å². The van der Waals surface area contributed by atoms with Gasteiger partial charge in [0.25, 0.3) is 5.91 Å². The molecular formula is C24H22N4O3S. The topological polar surface area (TPSA) is 89.3 Å². The first-order valence-electron chi connectivity index (χ1n) is 10.1. The zero-order valence-electron chi connectivity index (χ0n) is 17.7. The van der Waals surface area contributed by atoms with Crippen molar-refractivity contribution in [3.63, 3.8) is 0 Å². The molecule has 0 aliphatic heterocycles. The Morgan fingerprint density at radius 3 is 2.69 bits per heavy atom. The molecule has 1 amide bonds. The first-order valence-corrected chi connectivity index (χ1v) is 10.6. The largest absolute Gasteiger partial charge is 0.491 e. The molecule has 0 saturated heterocycles. The van der Waals surface area contributed by atoms with Crippen LogP contribution in [0.5, 0.6) is 5.75 Å². The second-order valence-electron chi connectivity index (χ2n) is 7.37. The van der Waals surface area contributed by atoms with Crippen molar-refractivity contribution < 1.29 is 13.9 Å². The Hall–Kier alpha value is -3.78. The Morgan fingerprint density at radius 1 is 1.12 bits per heavy atom. The van der Waals surface area contributed by atoms with E-state index in [0.717, 1.165) is 11.1 Å². The smallest absolute Gasteiger partial charge is 0.257 e. The summed E-state index contributed by atoms with van der Waals surface area (Å²) in [7, 11) is 0. The predicted molar refractivity (Wildman–Crippen MR) is 126 cm³/mol. The van der Waals surface area contributed by atoms with Crippen LogP contribution in [0.3, 0.4) is 0 Å². The summed E-state index contributed by atoms with van der Waals surface area (Å²) in [4.78, 5) is 21.0. The average molecular weight is 447 g/mol. The quantitative estimate of drug-likeness (QED) is 0.422. The summed E-state index contributed by atoms with van der Waals surface area (Å²) in [5.41, 5.74) is 3.55. The van der Waals surface area contributed by atoms with E-state index >= 15 is 0 Å². The number of carbonyl (C=O) groups is 1. The van der Waals surface area contributed by atoms with E-state index in [-0.39, 0.29) is 17.1 Å². The molecule has 0 radical (unpaired) electrons. The molecule has 0 atom stereocenters. The number of benzene rings is 2. The fourth-order valence-electron chi connectivity index (χ4n) is 3.04. The maximum Gasteiger partial charge on any atom is 0.257 e. The fraction of sp³-hybridized carbons (Fsp3) is 0.167. The van der Waals surface area contributed by atoms with Crippen LogP contribution in [0.4, 0.5) is 0 Å². The summed E-state index contributed by atoms with van der Waals surface area (Å²) in [5.74, 6) is 0.864. The Kier molecular flexibility index (Phi) is 6.42. The van der Waals surface area contributed by atoms with E-state index in [9.17, 15) is 4.79 Å². The van der Waals surface area contributed by atoms with Crippen molar-refractivity contribution in [1.29, 1.82) is 0 Å². The number of thiocarbonyl (C=S) groups is 1. The van der Waals surface area contributed by atoms with Crippen molar-refractivity contribution in [2.45, 2.75) is 26.5 Å². The van der Waals surface area contributed by atoms with Crippen molar-refractivity contribution in [3.05, 3.63) is 78.0 Å². The van der Waals surface area contributed by atoms with E-state index in [4.69, 9.17) is 21.4 Å². The molecule has 2 aromatic heterocycles. The van der Waals surface area contributed by atoms with Crippen LogP contribution >= 0.6 is 12.2 Å². The van der Waals surface area contributed by atoms with Gasteiger partial charge in [-0.2, -0.15) is 4.98 Å². The predicted octanol–water partition coefficient (Wildman–Crippen LogP) is 4.48. The Labute approximate surface area is 190 Å². The Morgan fingerprint density at radius 2 is 1.94 bits per heavy atom. The Bertz CT molecular complexity index is 1220. The lowest BCUT2D eigenvalue weighted by Crippen LogP contribution is -2.38. The van der Waals surface area contributed by atoms with Crippen LogP contribution in [0.25, 0.3) is 22.7 Å². The van der Waals surface area contributed by atoms with E-state index < -0.39 is 0 Å². The van der Waals surface area contributed by atoms with E-state index in [1.807, 2.05) is 56.3 Å². The first-order chi connectivity index (χ1) is 15.5. The summed E-state index contributed by atoms with van der Waals surface area (Å²) >= 11 is 5.27. The molecule has 2 aromatic carbocycles. The molecule has 0 spiro atoms.